The largest absolute Gasteiger partial charge is 0.334 e. The number of rotatable bonds is 4. The molecule has 0 atom stereocenters. The number of nitrogens with zero attached hydrogens (tertiary/aromatic N) is 4. The highest BCUT2D eigenvalue weighted by molar-refractivity contribution is 7.89. The first-order chi connectivity index (χ1) is 16.1. The quantitative estimate of drug-likeness (QED) is 0.556. The van der Waals surface area contributed by atoms with Crippen molar-refractivity contribution in [2.45, 2.75) is 11.8 Å². The molecular weight excluding hydrogens is 473 g/mol. The Hall–Kier alpha value is -3.51. The van der Waals surface area contributed by atoms with Crippen LogP contribution in [-0.4, -0.2) is 59.5 Å². The minimum atomic E-state index is -4.11. The summed E-state index contributed by atoms with van der Waals surface area (Å²) in [4.78, 5) is 26.3. The summed E-state index contributed by atoms with van der Waals surface area (Å²) in [6, 6.07) is 9.24. The molecule has 1 amide bonds. The Bertz CT molecular complexity index is 1430. The zero-order valence-corrected chi connectivity index (χ0v) is 18.7. The number of sulfonamides is 1. The molecule has 0 aliphatic carbocycles. The van der Waals surface area contributed by atoms with E-state index >= 15 is 0 Å². The van der Waals surface area contributed by atoms with E-state index in [4.69, 9.17) is 0 Å². The van der Waals surface area contributed by atoms with Gasteiger partial charge in [0, 0.05) is 37.9 Å². The van der Waals surface area contributed by atoms with E-state index in [9.17, 15) is 31.2 Å². The number of carbonyl (C=O) groups is 1. The third-order valence-electron chi connectivity index (χ3n) is 5.45. The van der Waals surface area contributed by atoms with Gasteiger partial charge in [-0.3, -0.25) is 9.59 Å². The van der Waals surface area contributed by atoms with Crippen molar-refractivity contribution in [3.8, 4) is 5.69 Å². The lowest BCUT2D eigenvalue weighted by Crippen LogP contribution is -2.51. The van der Waals surface area contributed by atoms with Crippen LogP contribution in [0.3, 0.4) is 0 Å². The van der Waals surface area contributed by atoms with Crippen molar-refractivity contribution >= 4 is 15.9 Å². The Morgan fingerprint density at radius 3 is 2.24 bits per heavy atom. The lowest BCUT2D eigenvalue weighted by Gasteiger charge is -2.33. The molecule has 1 aliphatic heterocycles. The first-order valence-corrected chi connectivity index (χ1v) is 11.6. The number of carbonyl (C=O) groups excluding carboxylic acids is 1. The van der Waals surface area contributed by atoms with Crippen molar-refractivity contribution in [1.29, 1.82) is 0 Å². The van der Waals surface area contributed by atoms with E-state index in [1.54, 1.807) is 13.0 Å². The Labute approximate surface area is 192 Å². The molecule has 1 aliphatic rings. The topological polar surface area (TPSA) is 92.6 Å². The minimum Gasteiger partial charge on any atom is -0.334 e. The molecule has 0 saturated carbocycles. The average molecular weight is 492 g/mol. The third kappa shape index (κ3) is 4.33. The predicted molar refractivity (Wildman–Crippen MR) is 116 cm³/mol. The van der Waals surface area contributed by atoms with Crippen molar-refractivity contribution in [1.82, 2.24) is 19.0 Å². The molecule has 8 nitrogen and oxygen atoms in total. The summed E-state index contributed by atoms with van der Waals surface area (Å²) in [7, 11) is -4.11. The summed E-state index contributed by atoms with van der Waals surface area (Å²) < 4.78 is 68.6. The minimum absolute atomic E-state index is 0.0591. The summed E-state index contributed by atoms with van der Waals surface area (Å²) in [6.45, 7) is 1.19. The van der Waals surface area contributed by atoms with Gasteiger partial charge in [-0.15, -0.1) is 0 Å². The van der Waals surface area contributed by atoms with Gasteiger partial charge in [0.2, 0.25) is 15.5 Å². The molecule has 0 radical (unpaired) electrons. The van der Waals surface area contributed by atoms with Crippen LogP contribution in [0.1, 0.15) is 16.2 Å². The highest BCUT2D eigenvalue weighted by Crippen LogP contribution is 2.20. The Morgan fingerprint density at radius 1 is 0.912 bits per heavy atom. The molecule has 2 heterocycles. The molecule has 1 fully saturated rings. The third-order valence-corrected chi connectivity index (χ3v) is 7.34. The molecule has 0 bridgehead atoms. The van der Waals surface area contributed by atoms with Crippen LogP contribution < -0.4 is 5.43 Å². The van der Waals surface area contributed by atoms with E-state index in [0.29, 0.717) is 11.8 Å². The highest BCUT2D eigenvalue weighted by atomic mass is 32.2. The lowest BCUT2D eigenvalue weighted by atomic mass is 10.2. The van der Waals surface area contributed by atoms with Crippen LogP contribution >= 0.6 is 0 Å². The van der Waals surface area contributed by atoms with Crippen LogP contribution in [0, 0.1) is 24.4 Å². The molecule has 1 saturated heterocycles. The summed E-state index contributed by atoms with van der Waals surface area (Å²) in [6.07, 6.45) is 0. The molecule has 4 rings (SSSR count). The maximum Gasteiger partial charge on any atom is 0.278 e. The number of hydrogen-bond donors (Lipinski definition) is 0. The predicted octanol–water partition coefficient (Wildman–Crippen LogP) is 2.10. The fourth-order valence-corrected chi connectivity index (χ4v) is 5.07. The molecule has 34 heavy (non-hydrogen) atoms. The van der Waals surface area contributed by atoms with Gasteiger partial charge in [0.25, 0.3) is 5.91 Å². The van der Waals surface area contributed by atoms with Gasteiger partial charge >= 0.3 is 0 Å². The van der Waals surface area contributed by atoms with E-state index in [1.165, 1.54) is 29.2 Å². The van der Waals surface area contributed by atoms with E-state index < -0.39 is 49.4 Å². The second-order valence-electron chi connectivity index (χ2n) is 7.63. The monoisotopic (exact) mass is 492 g/mol. The molecule has 0 N–H and O–H groups in total. The molecule has 12 heteroatoms. The van der Waals surface area contributed by atoms with Crippen molar-refractivity contribution in [2.75, 3.05) is 26.2 Å². The molecular formula is C22H19F3N4O4S. The molecule has 0 unspecified atom stereocenters. The summed E-state index contributed by atoms with van der Waals surface area (Å²) in [5.74, 6) is -3.76. The van der Waals surface area contributed by atoms with Crippen molar-refractivity contribution in [2.24, 2.45) is 0 Å². The van der Waals surface area contributed by atoms with Gasteiger partial charge in [0.05, 0.1) is 4.90 Å². The van der Waals surface area contributed by atoms with Crippen LogP contribution in [0.2, 0.25) is 0 Å². The standard InChI is InChI=1S/C22H19F3N4O4S/c1-14-12-20(30)21(26-29(14)19-5-3-2-4-17(19)24)22(31)27-8-10-28(11-9-27)34(32,33)15-6-7-16(23)18(25)13-15/h2-7,12-13H,8-11H2,1H3. The van der Waals surface area contributed by atoms with E-state index in [2.05, 4.69) is 5.10 Å². The number of piperazine rings is 1. The van der Waals surface area contributed by atoms with Gasteiger partial charge in [-0.05, 0) is 37.3 Å². The number of hydrogen-bond acceptors (Lipinski definition) is 5. The molecule has 2 aromatic carbocycles. The maximum absolute atomic E-state index is 14.2. The second-order valence-corrected chi connectivity index (χ2v) is 9.57. The first kappa shape index (κ1) is 23.6. The van der Waals surface area contributed by atoms with Crippen molar-refractivity contribution in [3.05, 3.63) is 87.6 Å². The van der Waals surface area contributed by atoms with Gasteiger partial charge < -0.3 is 4.90 Å². The summed E-state index contributed by atoms with van der Waals surface area (Å²) in [5, 5.41) is 4.08. The summed E-state index contributed by atoms with van der Waals surface area (Å²) >= 11 is 0. The molecule has 3 aromatic rings. The number of para-hydroxylation sites is 1. The maximum atomic E-state index is 14.2. The fraction of sp³-hybridized carbons (Fsp3) is 0.227. The van der Waals surface area contributed by atoms with E-state index in [-0.39, 0.29) is 31.9 Å². The van der Waals surface area contributed by atoms with E-state index in [0.717, 1.165) is 21.1 Å². The SMILES string of the molecule is Cc1cc(=O)c(C(=O)N2CCN(S(=O)(=O)c3ccc(F)c(F)c3)CC2)nn1-c1ccccc1F. The van der Waals surface area contributed by atoms with Crippen LogP contribution in [0.15, 0.2) is 58.2 Å². The van der Waals surface area contributed by atoms with E-state index in [1.807, 2.05) is 0 Å². The van der Waals surface area contributed by atoms with Crippen molar-refractivity contribution < 1.29 is 26.4 Å². The molecule has 0 spiro atoms. The average Bonchev–Trinajstić information content (AvgIpc) is 2.81. The number of aromatic nitrogens is 2. The fourth-order valence-electron chi connectivity index (χ4n) is 3.63. The number of aryl methyl sites for hydroxylation is 1. The molecule has 178 valence electrons. The van der Waals surface area contributed by atoms with Gasteiger partial charge in [0.1, 0.15) is 11.5 Å². The zero-order chi connectivity index (χ0) is 24.6. The van der Waals surface area contributed by atoms with Crippen molar-refractivity contribution in [3.63, 3.8) is 0 Å². The zero-order valence-electron chi connectivity index (χ0n) is 17.9. The van der Waals surface area contributed by atoms with Crippen LogP contribution in [-0.2, 0) is 10.0 Å². The summed E-state index contributed by atoms with van der Waals surface area (Å²) in [5.41, 5.74) is -0.678. The van der Waals surface area contributed by atoms with Gasteiger partial charge in [-0.2, -0.15) is 9.40 Å². The van der Waals surface area contributed by atoms with Crippen LogP contribution in [0.4, 0.5) is 13.2 Å². The molecule has 1 aromatic heterocycles. The lowest BCUT2D eigenvalue weighted by molar-refractivity contribution is 0.0688. The van der Waals surface area contributed by atoms with Crippen LogP contribution in [0.25, 0.3) is 5.69 Å². The normalized spacial score (nSPS) is 14.9. The van der Waals surface area contributed by atoms with Gasteiger partial charge in [0.15, 0.2) is 17.3 Å². The number of amides is 1. The van der Waals surface area contributed by atoms with Crippen LogP contribution in [0.5, 0.6) is 0 Å². The number of benzene rings is 2. The van der Waals surface area contributed by atoms with Gasteiger partial charge in [-0.1, -0.05) is 12.1 Å². The first-order valence-electron chi connectivity index (χ1n) is 10.2. The van der Waals surface area contributed by atoms with Gasteiger partial charge in [-0.25, -0.2) is 26.3 Å². The smallest absolute Gasteiger partial charge is 0.278 e. The Kier molecular flexibility index (Phi) is 6.28. The number of halogens is 3. The Balaban J connectivity index is 1.55. The highest BCUT2D eigenvalue weighted by Gasteiger charge is 2.32. The Morgan fingerprint density at radius 2 is 1.59 bits per heavy atom. The second kappa shape index (κ2) is 9.03.